The molecular formula is C17H16N4O4. The zero-order valence-corrected chi connectivity index (χ0v) is 13.4. The normalized spacial score (nSPS) is 13.4. The molecule has 0 spiro atoms. The molecule has 8 nitrogen and oxygen atoms in total. The Balaban J connectivity index is 1.80. The Morgan fingerprint density at radius 3 is 2.72 bits per heavy atom. The van der Waals surface area contributed by atoms with Crippen molar-refractivity contribution in [2.24, 2.45) is 0 Å². The molecule has 0 aliphatic carbocycles. The molecule has 0 saturated heterocycles. The number of amides is 1. The Morgan fingerprint density at radius 2 is 2.04 bits per heavy atom. The van der Waals surface area contributed by atoms with Gasteiger partial charge < -0.3 is 10.4 Å². The first-order valence-corrected chi connectivity index (χ1v) is 7.57. The van der Waals surface area contributed by atoms with E-state index in [1.807, 2.05) is 6.07 Å². The predicted octanol–water partition coefficient (Wildman–Crippen LogP) is 2.71. The molecule has 1 heterocycles. The van der Waals surface area contributed by atoms with Gasteiger partial charge >= 0.3 is 0 Å². The van der Waals surface area contributed by atoms with Gasteiger partial charge in [0.2, 0.25) is 5.91 Å². The van der Waals surface area contributed by atoms with Gasteiger partial charge in [-0.2, -0.15) is 5.10 Å². The van der Waals surface area contributed by atoms with E-state index in [0.717, 1.165) is 0 Å². The van der Waals surface area contributed by atoms with Crippen LogP contribution in [0.3, 0.4) is 0 Å². The fourth-order valence-electron chi connectivity index (χ4n) is 2.60. The largest absolute Gasteiger partial charge is 0.385 e. The Labute approximate surface area is 142 Å². The second-order valence-corrected chi connectivity index (χ2v) is 5.92. The second kappa shape index (κ2) is 6.33. The van der Waals surface area contributed by atoms with Gasteiger partial charge in [0, 0.05) is 12.1 Å². The van der Waals surface area contributed by atoms with Crippen LogP contribution in [-0.2, 0) is 10.4 Å². The van der Waals surface area contributed by atoms with Gasteiger partial charge in [-0.25, -0.2) is 0 Å². The molecule has 3 N–H and O–H groups in total. The maximum Gasteiger partial charge on any atom is 0.270 e. The monoisotopic (exact) mass is 340 g/mol. The first kappa shape index (κ1) is 16.6. The molecule has 3 aromatic rings. The molecule has 0 radical (unpaired) electrons. The topological polar surface area (TPSA) is 121 Å². The van der Waals surface area contributed by atoms with E-state index in [2.05, 4.69) is 15.5 Å². The average molecular weight is 340 g/mol. The fourth-order valence-corrected chi connectivity index (χ4v) is 2.60. The number of carbonyl (C=O) groups is 1. The number of aliphatic hydroxyl groups is 1. The standard InChI is InChI=1S/C17H16N4O4/c1-17(23,11-5-3-2-4-6-11)10-15(22)18-16-13-9-12(21(24)25)7-8-14(13)19-20-16/h2-9,23H,10H2,1H3,(H2,18,19,20,22). The summed E-state index contributed by atoms with van der Waals surface area (Å²) in [7, 11) is 0. The molecule has 3 rings (SSSR count). The minimum atomic E-state index is -1.34. The number of H-pyrrole nitrogens is 1. The lowest BCUT2D eigenvalue weighted by Gasteiger charge is -2.22. The van der Waals surface area contributed by atoms with Crippen molar-refractivity contribution in [1.29, 1.82) is 0 Å². The van der Waals surface area contributed by atoms with Crippen LogP contribution in [0.25, 0.3) is 10.9 Å². The summed E-state index contributed by atoms with van der Waals surface area (Å²) in [6.07, 6.45) is -0.180. The lowest BCUT2D eigenvalue weighted by atomic mass is 9.92. The third-order valence-corrected chi connectivity index (χ3v) is 3.92. The van der Waals surface area contributed by atoms with E-state index in [1.54, 1.807) is 31.2 Å². The van der Waals surface area contributed by atoms with Gasteiger partial charge in [0.1, 0.15) is 0 Å². The molecule has 1 atom stereocenters. The number of nitrogens with zero attached hydrogens (tertiary/aromatic N) is 2. The van der Waals surface area contributed by atoms with Gasteiger partial charge in [-0.3, -0.25) is 20.0 Å². The number of aromatic nitrogens is 2. The van der Waals surface area contributed by atoms with Crippen molar-refractivity contribution in [2.75, 3.05) is 5.32 Å². The average Bonchev–Trinajstić information content (AvgIpc) is 2.97. The highest BCUT2D eigenvalue weighted by atomic mass is 16.6. The van der Waals surface area contributed by atoms with E-state index in [1.165, 1.54) is 18.2 Å². The minimum Gasteiger partial charge on any atom is -0.385 e. The van der Waals surface area contributed by atoms with Gasteiger partial charge in [-0.1, -0.05) is 30.3 Å². The van der Waals surface area contributed by atoms with Gasteiger partial charge in [0.15, 0.2) is 5.82 Å². The number of nitro groups is 1. The Morgan fingerprint density at radius 1 is 1.32 bits per heavy atom. The van der Waals surface area contributed by atoms with E-state index < -0.39 is 16.4 Å². The summed E-state index contributed by atoms with van der Waals surface area (Å²) in [5.41, 5.74) is -0.257. The van der Waals surface area contributed by atoms with Crippen LogP contribution >= 0.6 is 0 Å². The zero-order chi connectivity index (χ0) is 18.0. The Kier molecular flexibility index (Phi) is 4.20. The molecular weight excluding hydrogens is 324 g/mol. The summed E-state index contributed by atoms with van der Waals surface area (Å²) in [4.78, 5) is 22.7. The van der Waals surface area contributed by atoms with Crippen molar-refractivity contribution in [3.05, 3.63) is 64.2 Å². The van der Waals surface area contributed by atoms with Crippen molar-refractivity contribution in [3.63, 3.8) is 0 Å². The lowest BCUT2D eigenvalue weighted by molar-refractivity contribution is -0.384. The molecule has 0 fully saturated rings. The number of nitro benzene ring substituents is 1. The van der Waals surface area contributed by atoms with Gasteiger partial charge in [0.25, 0.3) is 5.69 Å². The van der Waals surface area contributed by atoms with Crippen molar-refractivity contribution in [2.45, 2.75) is 18.9 Å². The number of anilines is 1. The van der Waals surface area contributed by atoms with Crippen LogP contribution < -0.4 is 5.32 Å². The molecule has 1 aromatic heterocycles. The highest BCUT2D eigenvalue weighted by molar-refractivity contribution is 6.00. The van der Waals surface area contributed by atoms with Crippen LogP contribution in [0.5, 0.6) is 0 Å². The smallest absolute Gasteiger partial charge is 0.270 e. The maximum atomic E-state index is 12.3. The van der Waals surface area contributed by atoms with Gasteiger partial charge in [0.05, 0.1) is 27.8 Å². The quantitative estimate of drug-likeness (QED) is 0.487. The van der Waals surface area contributed by atoms with Gasteiger partial charge in [-0.15, -0.1) is 0 Å². The van der Waals surface area contributed by atoms with Gasteiger partial charge in [-0.05, 0) is 18.6 Å². The van der Waals surface area contributed by atoms with E-state index >= 15 is 0 Å². The van der Waals surface area contributed by atoms with Crippen molar-refractivity contribution < 1.29 is 14.8 Å². The summed E-state index contributed by atoms with van der Waals surface area (Å²) in [5.74, 6) is -0.263. The number of fused-ring (bicyclic) bond motifs is 1. The lowest BCUT2D eigenvalue weighted by Crippen LogP contribution is -2.28. The number of hydrogen-bond donors (Lipinski definition) is 3. The molecule has 25 heavy (non-hydrogen) atoms. The maximum absolute atomic E-state index is 12.3. The van der Waals surface area contributed by atoms with Crippen LogP contribution in [0.1, 0.15) is 18.9 Å². The van der Waals surface area contributed by atoms with E-state index in [4.69, 9.17) is 0 Å². The molecule has 0 saturated carbocycles. The number of non-ortho nitro benzene ring substituents is 1. The molecule has 8 heteroatoms. The summed E-state index contributed by atoms with van der Waals surface area (Å²) in [6.45, 7) is 1.55. The number of carbonyl (C=O) groups excluding carboxylic acids is 1. The predicted molar refractivity (Wildman–Crippen MR) is 92.0 cm³/mol. The van der Waals surface area contributed by atoms with Crippen molar-refractivity contribution >= 4 is 28.3 Å². The first-order valence-electron chi connectivity index (χ1n) is 7.57. The van der Waals surface area contributed by atoms with E-state index in [-0.39, 0.29) is 17.9 Å². The Bertz CT molecular complexity index is 934. The van der Waals surface area contributed by atoms with E-state index in [0.29, 0.717) is 16.5 Å². The highest BCUT2D eigenvalue weighted by Gasteiger charge is 2.27. The number of benzene rings is 2. The Hall–Kier alpha value is -3.26. The van der Waals surface area contributed by atoms with Crippen LogP contribution in [0.2, 0.25) is 0 Å². The SMILES string of the molecule is CC(O)(CC(=O)Nc1n[nH]c2ccc([N+](=O)[O-])cc12)c1ccccc1. The third kappa shape index (κ3) is 3.48. The fraction of sp³-hybridized carbons (Fsp3) is 0.176. The zero-order valence-electron chi connectivity index (χ0n) is 13.4. The number of rotatable bonds is 5. The molecule has 0 bridgehead atoms. The minimum absolute atomic E-state index is 0.0966. The molecule has 2 aromatic carbocycles. The molecule has 0 aliphatic rings. The summed E-state index contributed by atoms with van der Waals surface area (Å²) in [6, 6.07) is 13.1. The highest BCUT2D eigenvalue weighted by Crippen LogP contribution is 2.27. The molecule has 0 aliphatic heterocycles. The molecule has 1 unspecified atom stereocenters. The van der Waals surface area contributed by atoms with Crippen LogP contribution in [0, 0.1) is 10.1 Å². The van der Waals surface area contributed by atoms with Crippen molar-refractivity contribution in [1.82, 2.24) is 10.2 Å². The van der Waals surface area contributed by atoms with Crippen LogP contribution in [0.15, 0.2) is 48.5 Å². The molecule has 1 amide bonds. The first-order chi connectivity index (χ1) is 11.9. The van der Waals surface area contributed by atoms with Crippen LogP contribution in [-0.4, -0.2) is 26.1 Å². The second-order valence-electron chi connectivity index (χ2n) is 5.92. The third-order valence-electron chi connectivity index (χ3n) is 3.92. The summed E-state index contributed by atoms with van der Waals surface area (Å²) >= 11 is 0. The van der Waals surface area contributed by atoms with Crippen molar-refractivity contribution in [3.8, 4) is 0 Å². The summed E-state index contributed by atoms with van der Waals surface area (Å²) < 4.78 is 0. The number of aromatic amines is 1. The van der Waals surface area contributed by atoms with E-state index in [9.17, 15) is 20.0 Å². The number of nitrogens with one attached hydrogen (secondary N) is 2. The molecule has 128 valence electrons. The summed E-state index contributed by atoms with van der Waals surface area (Å²) in [5, 5.41) is 31.1. The van der Waals surface area contributed by atoms with Crippen LogP contribution in [0.4, 0.5) is 11.5 Å². The number of hydrogen-bond acceptors (Lipinski definition) is 5.